The highest BCUT2D eigenvalue weighted by Gasteiger charge is 2.56. The summed E-state index contributed by atoms with van der Waals surface area (Å²) < 4.78 is 0. The molecule has 0 bridgehead atoms. The molecule has 0 aliphatic heterocycles. The Balaban J connectivity index is 1.10. The van der Waals surface area contributed by atoms with Gasteiger partial charge in [-0.2, -0.15) is 0 Å². The summed E-state index contributed by atoms with van der Waals surface area (Å²) in [6.07, 6.45) is 6.41. The van der Waals surface area contributed by atoms with E-state index in [4.69, 9.17) is 0 Å². The van der Waals surface area contributed by atoms with Crippen molar-refractivity contribution in [3.05, 3.63) is 215 Å². The third kappa shape index (κ3) is 5.36. The van der Waals surface area contributed by atoms with E-state index in [9.17, 15) is 0 Å². The van der Waals surface area contributed by atoms with Gasteiger partial charge in [-0.15, -0.1) is 0 Å². The maximum atomic E-state index is 2.66. The Morgan fingerprint density at radius 3 is 1.10 bits per heavy atom. The van der Waals surface area contributed by atoms with Crippen molar-refractivity contribution in [3.63, 3.8) is 0 Å². The monoisotopic (exact) mass is 888 g/mol. The van der Waals surface area contributed by atoms with Gasteiger partial charge in [-0.05, 0) is 177 Å². The summed E-state index contributed by atoms with van der Waals surface area (Å²) in [7, 11) is 0. The predicted octanol–water partition coefficient (Wildman–Crippen LogP) is 19.4. The molecular formula is C69H60. The van der Waals surface area contributed by atoms with Crippen LogP contribution in [-0.4, -0.2) is 0 Å². The molecule has 0 unspecified atom stereocenters. The van der Waals surface area contributed by atoms with Crippen molar-refractivity contribution in [1.82, 2.24) is 0 Å². The van der Waals surface area contributed by atoms with Crippen LogP contribution in [0.2, 0.25) is 0 Å². The minimum Gasteiger partial charge on any atom is -0.0642 e. The average molecular weight is 889 g/mol. The minimum atomic E-state index is -0.124. The van der Waals surface area contributed by atoms with Gasteiger partial charge in [-0.25, -0.2) is 0 Å². The normalized spacial score (nSPS) is 15.2. The van der Waals surface area contributed by atoms with Crippen molar-refractivity contribution in [3.8, 4) is 66.8 Å². The Labute approximate surface area is 408 Å². The van der Waals surface area contributed by atoms with Gasteiger partial charge in [0.05, 0.1) is 0 Å². The van der Waals surface area contributed by atoms with E-state index in [1.54, 1.807) is 33.4 Å². The van der Waals surface area contributed by atoms with Crippen LogP contribution in [0.25, 0.3) is 99.1 Å². The van der Waals surface area contributed by atoms with Gasteiger partial charge >= 0.3 is 0 Å². The molecule has 0 spiro atoms. The first-order valence-electron chi connectivity index (χ1n) is 26.1. The smallest absolute Gasteiger partial charge is 0.0216 e. The van der Waals surface area contributed by atoms with Gasteiger partial charge in [0, 0.05) is 16.2 Å². The Morgan fingerprint density at radius 2 is 0.609 bits per heavy atom. The van der Waals surface area contributed by atoms with Gasteiger partial charge in [0.25, 0.3) is 0 Å². The summed E-state index contributed by atoms with van der Waals surface area (Å²) in [5.74, 6) is 0. The number of hydrogen-bond acceptors (Lipinski definition) is 0. The first-order valence-corrected chi connectivity index (χ1v) is 26.1. The van der Waals surface area contributed by atoms with Crippen LogP contribution in [0, 0.1) is 0 Å². The lowest BCUT2D eigenvalue weighted by Gasteiger charge is -2.37. The molecule has 3 aliphatic carbocycles. The summed E-state index contributed by atoms with van der Waals surface area (Å²) in [5, 5.41) is 7.73. The van der Waals surface area contributed by atoms with Crippen molar-refractivity contribution in [2.75, 3.05) is 0 Å². The summed E-state index contributed by atoms with van der Waals surface area (Å²) >= 11 is 0. The Bertz CT molecular complexity index is 3640. The van der Waals surface area contributed by atoms with E-state index in [-0.39, 0.29) is 16.2 Å². The first-order chi connectivity index (χ1) is 33.9. The first kappa shape index (κ1) is 42.1. The van der Waals surface area contributed by atoms with E-state index in [2.05, 4.69) is 224 Å². The van der Waals surface area contributed by atoms with E-state index < -0.39 is 0 Å². The summed E-state index contributed by atoms with van der Waals surface area (Å²) in [5.41, 5.74) is 25.8. The Hall–Kier alpha value is -7.02. The topological polar surface area (TPSA) is 0 Å². The molecule has 0 atom stereocenters. The molecule has 10 aromatic carbocycles. The molecular weight excluding hydrogens is 829 g/mol. The SMILES string of the molecule is CCC1(CC)c2ccccc2-c2c1c1c(c3c2C(CC)(CC)c2ccc(-c4c5ccccc5c(-c5ccc(-c6cccc7ccccc67)cc5)c5ccccc45)cc2-3)C(CC)(CC)c2ccccc2-1. The van der Waals surface area contributed by atoms with E-state index in [1.165, 1.54) is 99.1 Å². The van der Waals surface area contributed by atoms with Crippen LogP contribution < -0.4 is 0 Å². The number of benzene rings is 10. The predicted molar refractivity (Wildman–Crippen MR) is 296 cm³/mol. The van der Waals surface area contributed by atoms with Gasteiger partial charge in [0.2, 0.25) is 0 Å². The molecule has 0 radical (unpaired) electrons. The highest BCUT2D eigenvalue weighted by Crippen LogP contribution is 2.70. The highest BCUT2D eigenvalue weighted by atomic mass is 14.6. The van der Waals surface area contributed by atoms with E-state index in [0.717, 1.165) is 38.5 Å². The molecule has 10 aromatic rings. The summed E-state index contributed by atoms with van der Waals surface area (Å²) in [4.78, 5) is 0. The van der Waals surface area contributed by atoms with Crippen molar-refractivity contribution in [2.45, 2.75) is 96.3 Å². The quantitative estimate of drug-likeness (QED) is 0.127. The number of hydrogen-bond donors (Lipinski definition) is 0. The van der Waals surface area contributed by atoms with Crippen LogP contribution in [0.3, 0.4) is 0 Å². The van der Waals surface area contributed by atoms with Gasteiger partial charge in [0.15, 0.2) is 0 Å². The van der Waals surface area contributed by atoms with Gasteiger partial charge in [-0.1, -0.05) is 217 Å². The van der Waals surface area contributed by atoms with Crippen LogP contribution in [0.5, 0.6) is 0 Å². The molecule has 0 saturated heterocycles. The molecule has 0 amide bonds. The number of rotatable bonds is 9. The van der Waals surface area contributed by atoms with Crippen LogP contribution >= 0.6 is 0 Å². The van der Waals surface area contributed by atoms with Gasteiger partial charge < -0.3 is 0 Å². The molecule has 0 heterocycles. The lowest BCUT2D eigenvalue weighted by Crippen LogP contribution is -2.29. The van der Waals surface area contributed by atoms with Crippen LogP contribution in [0.15, 0.2) is 182 Å². The molecule has 336 valence electrons. The molecule has 0 aromatic heterocycles. The third-order valence-corrected chi connectivity index (χ3v) is 18.3. The van der Waals surface area contributed by atoms with Crippen LogP contribution in [0.4, 0.5) is 0 Å². The lowest BCUT2D eigenvalue weighted by molar-refractivity contribution is 0.473. The molecule has 3 aliphatic rings. The second-order valence-corrected chi connectivity index (χ2v) is 20.4. The third-order valence-electron chi connectivity index (χ3n) is 18.3. The van der Waals surface area contributed by atoms with Crippen LogP contribution in [-0.2, 0) is 16.2 Å². The summed E-state index contributed by atoms with van der Waals surface area (Å²) in [6, 6.07) is 70.0. The maximum Gasteiger partial charge on any atom is 0.0216 e. The van der Waals surface area contributed by atoms with Crippen molar-refractivity contribution in [2.24, 2.45) is 0 Å². The lowest BCUT2D eigenvalue weighted by atomic mass is 9.65. The fourth-order valence-corrected chi connectivity index (χ4v) is 15.0. The van der Waals surface area contributed by atoms with Crippen LogP contribution in [0.1, 0.15) is 113 Å². The second-order valence-electron chi connectivity index (χ2n) is 20.4. The standard InChI is InChI=1S/C69H60/c1-7-67(8-2)56-34-21-19-31-53(56)62-64(67)61-54-32-20-22-35-57(54)68(9-3,10-4)65(61)63-55-42-46(40-41-58(55)69(11-5,12-6)66(62)63)60-51-29-17-15-27-49(51)59(50-28-16-18-30-52(50)60)45-38-36-44(37-39-45)48-33-23-25-43-24-13-14-26-47(43)48/h13-42H,7-12H2,1-6H3. The zero-order chi connectivity index (χ0) is 46.8. The van der Waals surface area contributed by atoms with Gasteiger partial charge in [0.1, 0.15) is 0 Å². The molecule has 0 heteroatoms. The maximum absolute atomic E-state index is 2.66. The second kappa shape index (κ2) is 15.5. The Kier molecular flexibility index (Phi) is 9.46. The zero-order valence-corrected chi connectivity index (χ0v) is 41.1. The van der Waals surface area contributed by atoms with Crippen molar-refractivity contribution < 1.29 is 0 Å². The van der Waals surface area contributed by atoms with E-state index >= 15 is 0 Å². The van der Waals surface area contributed by atoms with Gasteiger partial charge in [-0.3, -0.25) is 0 Å². The van der Waals surface area contributed by atoms with E-state index in [1.807, 2.05) is 0 Å². The molecule has 0 fully saturated rings. The zero-order valence-electron chi connectivity index (χ0n) is 41.1. The fraction of sp³-hybridized carbons (Fsp3) is 0.217. The molecule has 0 N–H and O–H groups in total. The molecule has 0 saturated carbocycles. The van der Waals surface area contributed by atoms with Crippen molar-refractivity contribution in [1.29, 1.82) is 0 Å². The molecule has 0 nitrogen and oxygen atoms in total. The van der Waals surface area contributed by atoms with Crippen molar-refractivity contribution >= 4 is 32.3 Å². The number of fused-ring (bicyclic) bond motifs is 15. The molecule has 13 rings (SSSR count). The Morgan fingerprint density at radius 1 is 0.261 bits per heavy atom. The molecule has 69 heavy (non-hydrogen) atoms. The fourth-order valence-electron chi connectivity index (χ4n) is 15.0. The largest absolute Gasteiger partial charge is 0.0642 e. The summed E-state index contributed by atoms with van der Waals surface area (Å²) in [6.45, 7) is 14.8. The average Bonchev–Trinajstić information content (AvgIpc) is 3.99. The van der Waals surface area contributed by atoms with E-state index in [0.29, 0.717) is 0 Å². The highest BCUT2D eigenvalue weighted by molar-refractivity contribution is 6.22. The minimum absolute atomic E-state index is 0.0568.